The summed E-state index contributed by atoms with van der Waals surface area (Å²) in [6, 6.07) is 12.6. The standard InChI is InChI=1S/C29H31BO5/c31-26(19-9-3-1-4-10-19)17-21-15-16-22(34-28(32)20-11-5-2-6-12-20)18-24(21)27-30-25-14-8-7-13-23(25)29(33)35-27/h7-8,13-16,18-20H,1-6,9-12,17H2. The molecule has 0 N–H and O–H groups in total. The number of hydrogen-bond donors (Lipinski definition) is 0. The first-order valence-corrected chi connectivity index (χ1v) is 13.0. The predicted octanol–water partition coefficient (Wildman–Crippen LogP) is 5.98. The minimum atomic E-state index is -0.424. The first kappa shape index (κ1) is 23.7. The number of fused-ring (bicyclic) bond motifs is 1. The van der Waals surface area contributed by atoms with Crippen LogP contribution in [0.5, 0.6) is 5.75 Å². The van der Waals surface area contributed by atoms with Gasteiger partial charge in [0, 0.05) is 0 Å². The summed E-state index contributed by atoms with van der Waals surface area (Å²) in [5.41, 5.74) is 1.38. The molecule has 0 saturated heterocycles. The second kappa shape index (κ2) is 10.7. The maximum absolute atomic E-state index is 13.1. The summed E-state index contributed by atoms with van der Waals surface area (Å²) in [6.45, 7) is 1.83. The van der Waals surface area contributed by atoms with Crippen LogP contribution in [0.2, 0.25) is 0 Å². The zero-order valence-electron chi connectivity index (χ0n) is 20.1. The summed E-state index contributed by atoms with van der Waals surface area (Å²) in [7, 11) is 0. The zero-order chi connectivity index (χ0) is 24.2. The summed E-state index contributed by atoms with van der Waals surface area (Å²) >= 11 is 0. The van der Waals surface area contributed by atoms with Crippen molar-refractivity contribution in [2.45, 2.75) is 70.6 Å². The van der Waals surface area contributed by atoms with Crippen LogP contribution in [-0.2, 0) is 16.0 Å². The summed E-state index contributed by atoms with van der Waals surface area (Å²) in [5.74, 6) is 0.449. The Hall–Kier alpha value is -3.02. The average Bonchev–Trinajstić information content (AvgIpc) is 2.90. The Morgan fingerprint density at radius 2 is 1.57 bits per heavy atom. The normalized spacial score (nSPS) is 17.3. The van der Waals surface area contributed by atoms with Gasteiger partial charge in [0.15, 0.2) is 0 Å². The molecule has 0 amide bonds. The summed E-state index contributed by atoms with van der Waals surface area (Å²) in [5, 5.41) is 1.28. The number of rotatable bonds is 6. The molecule has 0 aliphatic heterocycles. The van der Waals surface area contributed by atoms with Crippen molar-refractivity contribution in [3.63, 3.8) is 0 Å². The summed E-state index contributed by atoms with van der Waals surface area (Å²) in [6.07, 6.45) is 10.5. The quantitative estimate of drug-likeness (QED) is 0.328. The van der Waals surface area contributed by atoms with E-state index in [9.17, 15) is 14.4 Å². The summed E-state index contributed by atoms with van der Waals surface area (Å²) < 4.78 is 11.5. The number of esters is 1. The monoisotopic (exact) mass is 470 g/mol. The van der Waals surface area contributed by atoms with Crippen LogP contribution in [0, 0.1) is 11.8 Å². The van der Waals surface area contributed by atoms with Crippen LogP contribution in [0.4, 0.5) is 0 Å². The molecule has 2 aliphatic rings. The van der Waals surface area contributed by atoms with Gasteiger partial charge in [0.25, 0.3) is 0 Å². The molecule has 0 radical (unpaired) electrons. The molecule has 2 aromatic carbocycles. The number of ether oxygens (including phenoxy) is 1. The fourth-order valence-corrected chi connectivity index (χ4v) is 5.56. The van der Waals surface area contributed by atoms with Gasteiger partial charge in [-0.1, -0.05) is 0 Å². The van der Waals surface area contributed by atoms with Crippen molar-refractivity contribution in [1.29, 1.82) is 0 Å². The average molecular weight is 470 g/mol. The zero-order valence-corrected chi connectivity index (χ0v) is 20.1. The van der Waals surface area contributed by atoms with Gasteiger partial charge in [-0.3, -0.25) is 0 Å². The van der Waals surface area contributed by atoms with E-state index in [0.29, 0.717) is 22.4 Å². The topological polar surface area (TPSA) is 73.6 Å². The molecule has 180 valence electrons. The third-order valence-electron chi connectivity index (χ3n) is 7.60. The second-order valence-electron chi connectivity index (χ2n) is 10.0. The number of carbonyl (C=O) groups excluding carboxylic acids is 2. The molecule has 2 fully saturated rings. The molecule has 3 aromatic rings. The Kier molecular flexibility index (Phi) is 7.26. The van der Waals surface area contributed by atoms with Gasteiger partial charge in [-0.05, 0) is 0 Å². The Balaban J connectivity index is 1.49. The van der Waals surface area contributed by atoms with E-state index in [1.807, 2.05) is 25.1 Å². The van der Waals surface area contributed by atoms with E-state index in [-0.39, 0.29) is 30.0 Å². The van der Waals surface area contributed by atoms with Gasteiger partial charge in [-0.25, -0.2) is 0 Å². The van der Waals surface area contributed by atoms with Crippen molar-refractivity contribution >= 4 is 29.3 Å². The Morgan fingerprint density at radius 3 is 2.31 bits per heavy atom. The molecule has 35 heavy (non-hydrogen) atoms. The molecule has 0 bridgehead atoms. The van der Waals surface area contributed by atoms with E-state index < -0.39 is 5.63 Å². The Morgan fingerprint density at radius 1 is 0.886 bits per heavy atom. The Labute approximate surface area is 206 Å². The number of ketones is 1. The fraction of sp³-hybridized carbons (Fsp3) is 0.448. The molecule has 2 saturated carbocycles. The number of Topliss-reactive ketones (excluding diaryl/α,β-unsaturated/α-hetero) is 1. The van der Waals surface area contributed by atoms with E-state index in [4.69, 9.17) is 9.15 Å². The molecule has 1 aromatic heterocycles. The minimum absolute atomic E-state index is 0.0710. The second-order valence-corrected chi connectivity index (χ2v) is 10.0. The molecule has 0 spiro atoms. The molecule has 2 aliphatic carbocycles. The van der Waals surface area contributed by atoms with E-state index in [1.165, 1.54) is 12.8 Å². The van der Waals surface area contributed by atoms with E-state index >= 15 is 0 Å². The van der Waals surface area contributed by atoms with Crippen LogP contribution in [-0.4, -0.2) is 18.7 Å². The van der Waals surface area contributed by atoms with Crippen LogP contribution in [0.1, 0.15) is 69.8 Å². The maximum atomic E-state index is 13.1. The molecule has 6 heteroatoms. The van der Waals surface area contributed by atoms with Gasteiger partial charge in [0.1, 0.15) is 0 Å². The first-order chi connectivity index (χ1) is 17.1. The van der Waals surface area contributed by atoms with Crippen molar-refractivity contribution in [3.8, 4) is 17.0 Å². The fourth-order valence-electron chi connectivity index (χ4n) is 5.56. The third-order valence-corrected chi connectivity index (χ3v) is 7.60. The van der Waals surface area contributed by atoms with Crippen LogP contribution in [0.25, 0.3) is 21.9 Å². The number of benzene rings is 2. The molecular weight excluding hydrogens is 439 g/mol. The van der Waals surface area contributed by atoms with Crippen molar-refractivity contribution in [2.75, 3.05) is 0 Å². The number of hydrogen-bond acceptors (Lipinski definition) is 5. The van der Waals surface area contributed by atoms with Crippen molar-refractivity contribution < 1.29 is 18.7 Å². The molecular formula is C29H31BO5. The number of carbonyl (C=O) groups is 2. The van der Waals surface area contributed by atoms with Gasteiger partial charge in [-0.2, -0.15) is 0 Å². The van der Waals surface area contributed by atoms with Crippen LogP contribution in [0.3, 0.4) is 0 Å². The van der Waals surface area contributed by atoms with Gasteiger partial charge in [-0.15, -0.1) is 0 Å². The molecule has 0 unspecified atom stereocenters. The summed E-state index contributed by atoms with van der Waals surface area (Å²) in [4.78, 5) is 38.6. The predicted molar refractivity (Wildman–Crippen MR) is 137 cm³/mol. The Bertz CT molecular complexity index is 1280. The van der Waals surface area contributed by atoms with Crippen molar-refractivity contribution in [3.05, 3.63) is 58.4 Å². The van der Waals surface area contributed by atoms with E-state index in [2.05, 4.69) is 0 Å². The van der Waals surface area contributed by atoms with Gasteiger partial charge >= 0.3 is 206 Å². The SMILES string of the molecule is O=C(Cc1ccc(OC(=O)C2CCCCC2)cc1-c1bc2ccccc2c(=O)o1)C1CCCCC1. The van der Waals surface area contributed by atoms with Crippen molar-refractivity contribution in [1.82, 2.24) is 0 Å². The molecule has 5 rings (SSSR count). The van der Waals surface area contributed by atoms with Crippen molar-refractivity contribution in [2.24, 2.45) is 11.8 Å². The van der Waals surface area contributed by atoms with Gasteiger partial charge in [0.05, 0.1) is 0 Å². The molecule has 1 heterocycles. The first-order valence-electron chi connectivity index (χ1n) is 13.0. The van der Waals surface area contributed by atoms with Gasteiger partial charge in [0.2, 0.25) is 0 Å². The van der Waals surface area contributed by atoms with Crippen LogP contribution < -0.4 is 10.4 Å². The van der Waals surface area contributed by atoms with Crippen LogP contribution >= 0.6 is 0 Å². The van der Waals surface area contributed by atoms with Crippen LogP contribution in [0.15, 0.2) is 51.7 Å². The van der Waals surface area contributed by atoms with E-state index in [1.54, 1.807) is 24.3 Å². The molecule has 0 atom stereocenters. The van der Waals surface area contributed by atoms with E-state index in [0.717, 1.165) is 62.2 Å². The molecule has 5 nitrogen and oxygen atoms in total. The van der Waals surface area contributed by atoms with Gasteiger partial charge < -0.3 is 0 Å². The third kappa shape index (κ3) is 5.47.